The van der Waals surface area contributed by atoms with Crippen molar-refractivity contribution in [3.8, 4) is 22.4 Å². The summed E-state index contributed by atoms with van der Waals surface area (Å²) in [4.78, 5) is 25.3. The Kier molecular flexibility index (Phi) is 7.82. The van der Waals surface area contributed by atoms with Gasteiger partial charge in [-0.15, -0.1) is 11.8 Å². The van der Waals surface area contributed by atoms with E-state index in [1.165, 1.54) is 11.3 Å². The van der Waals surface area contributed by atoms with Crippen molar-refractivity contribution in [3.63, 3.8) is 0 Å². The quantitative estimate of drug-likeness (QED) is 0.326. The maximum atomic E-state index is 12.7. The normalized spacial score (nSPS) is 13.4. The lowest BCUT2D eigenvalue weighted by Gasteiger charge is -2.29. The molecule has 1 amide bonds. The molecule has 5 rings (SSSR count). The second-order valence-corrected chi connectivity index (χ2v) is 9.83. The molecule has 188 valence electrons. The van der Waals surface area contributed by atoms with Crippen molar-refractivity contribution in [2.45, 2.75) is 18.4 Å². The minimum atomic E-state index is -0.101. The van der Waals surface area contributed by atoms with Crippen LogP contribution < -0.4 is 10.2 Å². The highest BCUT2D eigenvalue weighted by Crippen LogP contribution is 2.28. The highest BCUT2D eigenvalue weighted by molar-refractivity contribution is 7.98. The molecule has 37 heavy (non-hydrogen) atoms. The number of aryl methyl sites for hydroxylation is 1. The number of nitrogens with one attached hydrogen (secondary N) is 1. The number of carbonyl (C=O) groups excluding carboxylic acids is 1. The molecule has 0 atom stereocenters. The van der Waals surface area contributed by atoms with E-state index in [0.717, 1.165) is 59.3 Å². The first-order valence-corrected chi connectivity index (χ1v) is 13.6. The molecule has 6 nitrogen and oxygen atoms in total. The predicted octanol–water partition coefficient (Wildman–Crippen LogP) is 5.61. The third kappa shape index (κ3) is 6.01. The summed E-state index contributed by atoms with van der Waals surface area (Å²) in [7, 11) is 0. The molecule has 3 heterocycles. The number of morpholine rings is 1. The number of thioether (sulfide) groups is 1. The van der Waals surface area contributed by atoms with E-state index >= 15 is 0 Å². The molecule has 1 N–H and O–H groups in total. The summed E-state index contributed by atoms with van der Waals surface area (Å²) >= 11 is 1.64. The molecule has 4 aromatic rings. The summed E-state index contributed by atoms with van der Waals surface area (Å²) in [6, 6.07) is 22.4. The van der Waals surface area contributed by atoms with E-state index in [2.05, 4.69) is 63.5 Å². The van der Waals surface area contributed by atoms with E-state index in [1.54, 1.807) is 18.0 Å². The Morgan fingerprint density at radius 1 is 0.946 bits per heavy atom. The summed E-state index contributed by atoms with van der Waals surface area (Å²) in [5, 5.41) is 3.01. The third-order valence-electron chi connectivity index (χ3n) is 6.53. The highest BCUT2D eigenvalue weighted by Gasteiger charge is 2.13. The van der Waals surface area contributed by atoms with Crippen molar-refractivity contribution < 1.29 is 9.53 Å². The first-order valence-electron chi connectivity index (χ1n) is 12.4. The Morgan fingerprint density at radius 2 is 1.73 bits per heavy atom. The van der Waals surface area contributed by atoms with Crippen LogP contribution in [0.15, 0.2) is 84.0 Å². The second kappa shape index (κ2) is 11.6. The zero-order chi connectivity index (χ0) is 25.6. The SMILES string of the molecule is CSc1cc(C(=O)NCc2cc(-c3cccc(-c4cc(N5CCOCC5)ccn4)c3)ccn2)ccc1C. The van der Waals surface area contributed by atoms with Crippen LogP contribution in [0.3, 0.4) is 0 Å². The van der Waals surface area contributed by atoms with E-state index in [4.69, 9.17) is 4.74 Å². The van der Waals surface area contributed by atoms with Gasteiger partial charge in [-0.1, -0.05) is 24.3 Å². The van der Waals surface area contributed by atoms with Gasteiger partial charge in [-0.05, 0) is 72.3 Å². The van der Waals surface area contributed by atoms with Crippen molar-refractivity contribution >= 4 is 23.4 Å². The summed E-state index contributed by atoms with van der Waals surface area (Å²) in [6.07, 6.45) is 5.68. The third-order valence-corrected chi connectivity index (χ3v) is 7.41. The summed E-state index contributed by atoms with van der Waals surface area (Å²) in [6.45, 7) is 5.70. The van der Waals surface area contributed by atoms with Gasteiger partial charge >= 0.3 is 0 Å². The molecule has 0 bridgehead atoms. The smallest absolute Gasteiger partial charge is 0.251 e. The molecule has 0 spiro atoms. The van der Waals surface area contributed by atoms with Crippen LogP contribution in [0.25, 0.3) is 22.4 Å². The minimum Gasteiger partial charge on any atom is -0.378 e. The lowest BCUT2D eigenvalue weighted by atomic mass is 10.0. The molecule has 1 aliphatic rings. The van der Waals surface area contributed by atoms with E-state index in [1.807, 2.05) is 42.8 Å². The number of hydrogen-bond donors (Lipinski definition) is 1. The monoisotopic (exact) mass is 510 g/mol. The Morgan fingerprint density at radius 3 is 2.57 bits per heavy atom. The highest BCUT2D eigenvalue weighted by atomic mass is 32.2. The summed E-state index contributed by atoms with van der Waals surface area (Å²) < 4.78 is 5.49. The average molecular weight is 511 g/mol. The van der Waals surface area contributed by atoms with Gasteiger partial charge in [-0.3, -0.25) is 14.8 Å². The molecule has 1 fully saturated rings. The van der Waals surface area contributed by atoms with Gasteiger partial charge in [-0.2, -0.15) is 0 Å². The van der Waals surface area contributed by atoms with Crippen LogP contribution in [0.1, 0.15) is 21.6 Å². The van der Waals surface area contributed by atoms with Crippen LogP contribution in [-0.4, -0.2) is 48.4 Å². The van der Waals surface area contributed by atoms with E-state index in [-0.39, 0.29) is 5.91 Å². The average Bonchev–Trinajstić information content (AvgIpc) is 2.97. The first-order chi connectivity index (χ1) is 18.1. The fourth-order valence-corrected chi connectivity index (χ4v) is 5.08. The van der Waals surface area contributed by atoms with Crippen LogP contribution in [-0.2, 0) is 11.3 Å². The van der Waals surface area contributed by atoms with E-state index in [9.17, 15) is 4.79 Å². The number of anilines is 1. The number of carbonyl (C=O) groups is 1. The molecule has 0 radical (unpaired) electrons. The van der Waals surface area contributed by atoms with Gasteiger partial charge in [0.05, 0.1) is 31.1 Å². The zero-order valence-electron chi connectivity index (χ0n) is 21.1. The Bertz CT molecular complexity index is 1400. The van der Waals surface area contributed by atoms with Crippen molar-refractivity contribution in [3.05, 3.63) is 95.9 Å². The molecular formula is C30H30N4O2S. The standard InChI is InChI=1S/C30H30N4O2S/c1-21-6-7-25(18-29(21)37-2)30(35)33-20-26-17-23(8-10-31-26)22-4-3-5-24(16-22)28-19-27(9-11-32-28)34-12-14-36-15-13-34/h3-11,16-19H,12-15,20H2,1-2H3,(H,33,35). The largest absolute Gasteiger partial charge is 0.378 e. The Hall–Kier alpha value is -3.68. The van der Waals surface area contributed by atoms with Gasteiger partial charge in [0.1, 0.15) is 0 Å². The van der Waals surface area contributed by atoms with Crippen molar-refractivity contribution in [1.29, 1.82) is 0 Å². The van der Waals surface area contributed by atoms with Crippen molar-refractivity contribution in [2.75, 3.05) is 37.5 Å². The molecule has 2 aromatic carbocycles. The number of pyridine rings is 2. The van der Waals surface area contributed by atoms with Crippen molar-refractivity contribution in [2.24, 2.45) is 0 Å². The zero-order valence-corrected chi connectivity index (χ0v) is 21.9. The topological polar surface area (TPSA) is 67.4 Å². The second-order valence-electron chi connectivity index (χ2n) is 8.98. The maximum absolute atomic E-state index is 12.7. The fourth-order valence-electron chi connectivity index (χ4n) is 4.44. The Labute approximate surface area is 222 Å². The number of benzene rings is 2. The van der Waals surface area contributed by atoms with Gasteiger partial charge < -0.3 is 15.0 Å². The van der Waals surface area contributed by atoms with Gasteiger partial charge in [0, 0.05) is 47.2 Å². The molecule has 0 aliphatic carbocycles. The number of hydrogen-bond acceptors (Lipinski definition) is 6. The number of aromatic nitrogens is 2. The molecule has 2 aromatic heterocycles. The fraction of sp³-hybridized carbons (Fsp3) is 0.233. The van der Waals surface area contributed by atoms with Crippen LogP contribution >= 0.6 is 11.8 Å². The number of amides is 1. The lowest BCUT2D eigenvalue weighted by molar-refractivity contribution is 0.0950. The van der Waals surface area contributed by atoms with Gasteiger partial charge in [-0.25, -0.2) is 0 Å². The molecule has 1 aliphatic heterocycles. The van der Waals surface area contributed by atoms with Gasteiger partial charge in [0.25, 0.3) is 5.91 Å². The first kappa shape index (κ1) is 25.0. The van der Waals surface area contributed by atoms with Gasteiger partial charge in [0.2, 0.25) is 0 Å². The molecule has 7 heteroatoms. The Balaban J connectivity index is 1.31. The molecule has 1 saturated heterocycles. The molecule has 0 unspecified atom stereocenters. The van der Waals surface area contributed by atoms with Crippen molar-refractivity contribution in [1.82, 2.24) is 15.3 Å². The number of nitrogens with zero attached hydrogens (tertiary/aromatic N) is 3. The number of ether oxygens (including phenoxy) is 1. The summed E-state index contributed by atoms with van der Waals surface area (Å²) in [5.41, 5.74) is 7.92. The number of rotatable bonds is 7. The van der Waals surface area contributed by atoms with E-state index < -0.39 is 0 Å². The summed E-state index contributed by atoms with van der Waals surface area (Å²) in [5.74, 6) is -0.101. The van der Waals surface area contributed by atoms with E-state index in [0.29, 0.717) is 12.1 Å². The van der Waals surface area contributed by atoms with Crippen LogP contribution in [0.2, 0.25) is 0 Å². The van der Waals surface area contributed by atoms with Crippen LogP contribution in [0.4, 0.5) is 5.69 Å². The lowest BCUT2D eigenvalue weighted by Crippen LogP contribution is -2.36. The predicted molar refractivity (Wildman–Crippen MR) is 150 cm³/mol. The minimum absolute atomic E-state index is 0.101. The van der Waals surface area contributed by atoms with Crippen LogP contribution in [0.5, 0.6) is 0 Å². The van der Waals surface area contributed by atoms with Crippen LogP contribution in [0, 0.1) is 6.92 Å². The van der Waals surface area contributed by atoms with Gasteiger partial charge in [0.15, 0.2) is 0 Å². The molecule has 0 saturated carbocycles. The molecular weight excluding hydrogens is 480 g/mol. The maximum Gasteiger partial charge on any atom is 0.251 e.